The molecule has 0 aromatic heterocycles. The number of ether oxygens (including phenoxy) is 1. The van der Waals surface area contributed by atoms with Crippen molar-refractivity contribution in [2.45, 2.75) is 19.3 Å². The SMILES string of the molecule is CCC(CBr)c1ccc(OC)cc1. The smallest absolute Gasteiger partial charge is 0.118 e. The van der Waals surface area contributed by atoms with Crippen molar-refractivity contribution in [2.24, 2.45) is 0 Å². The Balaban J connectivity index is 2.78. The minimum atomic E-state index is 0.617. The van der Waals surface area contributed by atoms with Gasteiger partial charge in [0.05, 0.1) is 7.11 Å². The van der Waals surface area contributed by atoms with Crippen LogP contribution in [0.3, 0.4) is 0 Å². The minimum Gasteiger partial charge on any atom is -0.497 e. The molecule has 0 aliphatic heterocycles. The van der Waals surface area contributed by atoms with Crippen LogP contribution in [0, 0.1) is 0 Å². The van der Waals surface area contributed by atoms with Gasteiger partial charge < -0.3 is 4.74 Å². The number of rotatable bonds is 4. The number of halogens is 1. The zero-order valence-corrected chi connectivity index (χ0v) is 9.67. The van der Waals surface area contributed by atoms with Gasteiger partial charge in [-0.3, -0.25) is 0 Å². The van der Waals surface area contributed by atoms with Crippen LogP contribution in [0.25, 0.3) is 0 Å². The number of alkyl halides is 1. The Labute approximate surface area is 88.2 Å². The van der Waals surface area contributed by atoms with E-state index in [9.17, 15) is 0 Å². The second kappa shape index (κ2) is 5.28. The molecule has 2 heteroatoms. The van der Waals surface area contributed by atoms with Gasteiger partial charge in [0.15, 0.2) is 0 Å². The predicted molar refractivity (Wildman–Crippen MR) is 59.8 cm³/mol. The zero-order chi connectivity index (χ0) is 9.68. The Bertz CT molecular complexity index is 239. The molecule has 0 N–H and O–H groups in total. The topological polar surface area (TPSA) is 9.23 Å². The molecule has 1 aromatic carbocycles. The van der Waals surface area contributed by atoms with Crippen molar-refractivity contribution in [1.29, 1.82) is 0 Å². The Hall–Kier alpha value is -0.500. The van der Waals surface area contributed by atoms with Crippen molar-refractivity contribution in [3.05, 3.63) is 29.8 Å². The standard InChI is InChI=1S/C11H15BrO/c1-3-9(8-12)10-4-6-11(13-2)7-5-10/h4-7,9H,3,8H2,1-2H3. The molecule has 0 heterocycles. The van der Waals surface area contributed by atoms with Crippen LogP contribution in [0.2, 0.25) is 0 Å². The highest BCUT2D eigenvalue weighted by Crippen LogP contribution is 2.23. The maximum atomic E-state index is 5.10. The maximum Gasteiger partial charge on any atom is 0.118 e. The van der Waals surface area contributed by atoms with Crippen LogP contribution in [0.5, 0.6) is 5.75 Å². The predicted octanol–water partition coefficient (Wildman–Crippen LogP) is 3.58. The molecular weight excluding hydrogens is 228 g/mol. The zero-order valence-electron chi connectivity index (χ0n) is 8.09. The first-order valence-corrected chi connectivity index (χ1v) is 5.63. The van der Waals surface area contributed by atoms with Gasteiger partial charge in [0.1, 0.15) is 5.75 Å². The van der Waals surface area contributed by atoms with Crippen molar-refractivity contribution < 1.29 is 4.74 Å². The lowest BCUT2D eigenvalue weighted by molar-refractivity contribution is 0.414. The van der Waals surface area contributed by atoms with E-state index in [0.29, 0.717) is 5.92 Å². The van der Waals surface area contributed by atoms with Crippen molar-refractivity contribution in [3.8, 4) is 5.75 Å². The first kappa shape index (κ1) is 10.6. The van der Waals surface area contributed by atoms with E-state index in [4.69, 9.17) is 4.74 Å². The molecule has 1 aromatic rings. The van der Waals surface area contributed by atoms with Crippen LogP contribution in [0.4, 0.5) is 0 Å². The highest BCUT2D eigenvalue weighted by atomic mass is 79.9. The fraction of sp³-hybridized carbons (Fsp3) is 0.455. The molecule has 0 aliphatic carbocycles. The summed E-state index contributed by atoms with van der Waals surface area (Å²) < 4.78 is 5.10. The van der Waals surface area contributed by atoms with Crippen molar-refractivity contribution in [1.82, 2.24) is 0 Å². The van der Waals surface area contributed by atoms with E-state index in [1.165, 1.54) is 5.56 Å². The van der Waals surface area contributed by atoms with Gasteiger partial charge in [0, 0.05) is 5.33 Å². The fourth-order valence-corrected chi connectivity index (χ4v) is 2.14. The molecule has 0 saturated heterocycles. The van der Waals surface area contributed by atoms with Gasteiger partial charge in [-0.2, -0.15) is 0 Å². The minimum absolute atomic E-state index is 0.617. The number of methoxy groups -OCH3 is 1. The second-order valence-electron chi connectivity index (χ2n) is 3.03. The van der Waals surface area contributed by atoms with Crippen LogP contribution in [-0.4, -0.2) is 12.4 Å². The Morgan fingerprint density at radius 2 is 1.92 bits per heavy atom. The van der Waals surface area contributed by atoms with Crippen LogP contribution in [0.1, 0.15) is 24.8 Å². The van der Waals surface area contributed by atoms with Crippen LogP contribution < -0.4 is 4.74 Å². The van der Waals surface area contributed by atoms with E-state index >= 15 is 0 Å². The van der Waals surface area contributed by atoms with E-state index in [-0.39, 0.29) is 0 Å². The van der Waals surface area contributed by atoms with E-state index < -0.39 is 0 Å². The van der Waals surface area contributed by atoms with Gasteiger partial charge in [0.2, 0.25) is 0 Å². The highest BCUT2D eigenvalue weighted by molar-refractivity contribution is 9.09. The third-order valence-electron chi connectivity index (χ3n) is 2.27. The van der Waals surface area contributed by atoms with Crippen LogP contribution in [-0.2, 0) is 0 Å². The first-order chi connectivity index (χ1) is 6.31. The monoisotopic (exact) mass is 242 g/mol. The molecule has 1 atom stereocenters. The summed E-state index contributed by atoms with van der Waals surface area (Å²) in [4.78, 5) is 0. The average Bonchev–Trinajstić information content (AvgIpc) is 2.21. The molecule has 1 unspecified atom stereocenters. The van der Waals surface area contributed by atoms with Crippen molar-refractivity contribution in [3.63, 3.8) is 0 Å². The highest BCUT2D eigenvalue weighted by Gasteiger charge is 2.06. The summed E-state index contributed by atoms with van der Waals surface area (Å²) in [5.74, 6) is 1.54. The molecule has 0 saturated carbocycles. The molecule has 0 spiro atoms. The summed E-state index contributed by atoms with van der Waals surface area (Å²) in [5, 5.41) is 1.02. The van der Waals surface area contributed by atoms with E-state index in [1.54, 1.807) is 7.11 Å². The second-order valence-corrected chi connectivity index (χ2v) is 3.68. The fourth-order valence-electron chi connectivity index (χ4n) is 1.31. The molecule has 13 heavy (non-hydrogen) atoms. The third-order valence-corrected chi connectivity index (χ3v) is 3.05. The molecule has 0 bridgehead atoms. The van der Waals surface area contributed by atoms with Gasteiger partial charge >= 0.3 is 0 Å². The molecule has 0 fully saturated rings. The lowest BCUT2D eigenvalue weighted by Crippen LogP contribution is -1.97. The van der Waals surface area contributed by atoms with Crippen molar-refractivity contribution in [2.75, 3.05) is 12.4 Å². The summed E-state index contributed by atoms with van der Waals surface area (Å²) in [6, 6.07) is 8.30. The normalized spacial score (nSPS) is 12.5. The molecule has 1 nitrogen and oxygen atoms in total. The van der Waals surface area contributed by atoms with Crippen LogP contribution in [0.15, 0.2) is 24.3 Å². The number of hydrogen-bond donors (Lipinski definition) is 0. The maximum absolute atomic E-state index is 5.10. The average molecular weight is 243 g/mol. The van der Waals surface area contributed by atoms with Gasteiger partial charge in [-0.05, 0) is 30.0 Å². The van der Waals surface area contributed by atoms with Crippen molar-refractivity contribution >= 4 is 15.9 Å². The van der Waals surface area contributed by atoms with Gasteiger partial charge in [0.25, 0.3) is 0 Å². The Morgan fingerprint density at radius 1 is 1.31 bits per heavy atom. The lowest BCUT2D eigenvalue weighted by atomic mass is 9.99. The summed E-state index contributed by atoms with van der Waals surface area (Å²) >= 11 is 3.52. The molecule has 72 valence electrons. The van der Waals surface area contributed by atoms with Gasteiger partial charge in [-0.25, -0.2) is 0 Å². The van der Waals surface area contributed by atoms with Gasteiger partial charge in [-0.1, -0.05) is 35.0 Å². The van der Waals surface area contributed by atoms with Gasteiger partial charge in [-0.15, -0.1) is 0 Å². The molecule has 1 rings (SSSR count). The first-order valence-electron chi connectivity index (χ1n) is 4.51. The largest absolute Gasteiger partial charge is 0.497 e. The summed E-state index contributed by atoms with van der Waals surface area (Å²) in [7, 11) is 1.69. The number of hydrogen-bond acceptors (Lipinski definition) is 1. The third kappa shape index (κ3) is 2.73. The summed E-state index contributed by atoms with van der Waals surface area (Å²) in [6.45, 7) is 2.20. The van der Waals surface area contributed by atoms with Crippen LogP contribution >= 0.6 is 15.9 Å². The van der Waals surface area contributed by atoms with E-state index in [0.717, 1.165) is 17.5 Å². The Morgan fingerprint density at radius 3 is 2.31 bits per heavy atom. The summed E-state index contributed by atoms with van der Waals surface area (Å²) in [6.07, 6.45) is 1.16. The molecule has 0 radical (unpaired) electrons. The molecule has 0 amide bonds. The van der Waals surface area contributed by atoms with E-state index in [1.807, 2.05) is 12.1 Å². The summed E-state index contributed by atoms with van der Waals surface area (Å²) in [5.41, 5.74) is 1.38. The van der Waals surface area contributed by atoms with E-state index in [2.05, 4.69) is 35.0 Å². The number of benzene rings is 1. The Kier molecular flexibility index (Phi) is 4.29. The molecular formula is C11H15BrO. The molecule has 0 aliphatic rings. The lowest BCUT2D eigenvalue weighted by Gasteiger charge is -2.11. The quantitative estimate of drug-likeness (QED) is 0.734.